The molecule has 1 aliphatic rings. The standard InChI is InChI=1S/C10H8Br2Te/c11-13(12)7-5-9-3-1-2-4-10(9)6-8-13/h1-8H. The van der Waals surface area contributed by atoms with E-state index in [-0.39, 0.29) is 0 Å². The molecule has 68 valence electrons. The number of rotatable bonds is 0. The second-order valence-electron chi connectivity index (χ2n) is 2.79. The third-order valence-electron chi connectivity index (χ3n) is 1.85. The summed E-state index contributed by atoms with van der Waals surface area (Å²) in [7, 11) is 0. The fourth-order valence-electron chi connectivity index (χ4n) is 1.19. The van der Waals surface area contributed by atoms with Gasteiger partial charge in [-0.1, -0.05) is 0 Å². The summed E-state index contributed by atoms with van der Waals surface area (Å²) < 4.78 is 4.54. The van der Waals surface area contributed by atoms with Gasteiger partial charge in [-0.25, -0.2) is 0 Å². The van der Waals surface area contributed by atoms with Crippen molar-refractivity contribution in [1.82, 2.24) is 0 Å². The summed E-state index contributed by atoms with van der Waals surface area (Å²) in [5.41, 5.74) is 2.59. The van der Waals surface area contributed by atoms with Gasteiger partial charge in [-0.05, 0) is 0 Å². The SMILES string of the molecule is Br[Te]1(Br)C=Cc2ccccc2C=C1. The molecule has 0 amide bonds. The van der Waals surface area contributed by atoms with E-state index in [4.69, 9.17) is 0 Å². The van der Waals surface area contributed by atoms with Crippen molar-refractivity contribution in [3.8, 4) is 0 Å². The molecule has 3 heteroatoms. The van der Waals surface area contributed by atoms with Crippen molar-refractivity contribution >= 4 is 51.4 Å². The summed E-state index contributed by atoms with van der Waals surface area (Å²) in [4.78, 5) is 0. The minimum atomic E-state index is -2.08. The first kappa shape index (κ1) is 9.98. The summed E-state index contributed by atoms with van der Waals surface area (Å²) in [5.74, 6) is 0. The average Bonchev–Trinajstić information content (AvgIpc) is 2.27. The Bertz CT molecular complexity index is 345. The molecule has 0 nitrogen and oxygen atoms in total. The van der Waals surface area contributed by atoms with Crippen molar-refractivity contribution in [2.45, 2.75) is 0 Å². The van der Waals surface area contributed by atoms with Crippen LogP contribution in [0.1, 0.15) is 11.1 Å². The van der Waals surface area contributed by atoms with Gasteiger partial charge in [0.15, 0.2) is 0 Å². The van der Waals surface area contributed by atoms with Crippen LogP contribution in [0.15, 0.2) is 32.5 Å². The molecule has 0 aromatic heterocycles. The predicted octanol–water partition coefficient (Wildman–Crippen LogP) is 4.04. The van der Waals surface area contributed by atoms with Crippen LogP contribution in [0.3, 0.4) is 0 Å². The van der Waals surface area contributed by atoms with Crippen molar-refractivity contribution in [3.05, 3.63) is 43.6 Å². The zero-order valence-electron chi connectivity index (χ0n) is 6.78. The van der Waals surface area contributed by atoms with Gasteiger partial charge in [0.25, 0.3) is 0 Å². The molecule has 1 aromatic rings. The van der Waals surface area contributed by atoms with E-state index in [1.54, 1.807) is 0 Å². The van der Waals surface area contributed by atoms with Crippen molar-refractivity contribution in [2.75, 3.05) is 0 Å². The maximum atomic E-state index is 3.73. The van der Waals surface area contributed by atoms with E-state index >= 15 is 0 Å². The first-order valence-corrected chi connectivity index (χ1v) is 17.0. The molecule has 0 unspecified atom stereocenters. The molecule has 0 radical (unpaired) electrons. The third kappa shape index (κ3) is 2.47. The molecule has 0 spiro atoms. The Balaban J connectivity index is 2.53. The first-order valence-electron chi connectivity index (χ1n) is 3.85. The number of fused-ring (bicyclic) bond motifs is 1. The van der Waals surface area contributed by atoms with Gasteiger partial charge in [-0.15, -0.1) is 0 Å². The van der Waals surface area contributed by atoms with E-state index in [0.717, 1.165) is 0 Å². The van der Waals surface area contributed by atoms with Gasteiger partial charge in [0, 0.05) is 0 Å². The molecule has 0 atom stereocenters. The Morgan fingerprint density at radius 3 is 1.77 bits per heavy atom. The second-order valence-corrected chi connectivity index (χ2v) is 27.7. The van der Waals surface area contributed by atoms with Gasteiger partial charge < -0.3 is 0 Å². The summed E-state index contributed by atoms with van der Waals surface area (Å²) in [6, 6.07) is 8.42. The van der Waals surface area contributed by atoms with Crippen LogP contribution < -0.4 is 0 Å². The van der Waals surface area contributed by atoms with Crippen molar-refractivity contribution in [2.24, 2.45) is 0 Å². The van der Waals surface area contributed by atoms with Crippen LogP contribution in [0.2, 0.25) is 0 Å². The van der Waals surface area contributed by atoms with Gasteiger partial charge in [0.2, 0.25) is 0 Å². The van der Waals surface area contributed by atoms with Crippen LogP contribution in [-0.4, -0.2) is 13.8 Å². The van der Waals surface area contributed by atoms with Crippen LogP contribution in [0, 0.1) is 0 Å². The zero-order chi connectivity index (χ0) is 9.31. The number of hydrogen-bond donors (Lipinski definition) is 0. The molecule has 0 aliphatic carbocycles. The van der Waals surface area contributed by atoms with E-state index in [1.165, 1.54) is 11.1 Å². The van der Waals surface area contributed by atoms with Crippen LogP contribution in [0.25, 0.3) is 12.2 Å². The van der Waals surface area contributed by atoms with Crippen molar-refractivity contribution in [1.29, 1.82) is 0 Å². The predicted molar refractivity (Wildman–Crippen MR) is 68.1 cm³/mol. The fraction of sp³-hybridized carbons (Fsp3) is 0. The molecule has 0 saturated carbocycles. The normalized spacial score (nSPS) is 20.5. The fourth-order valence-corrected chi connectivity index (χ4v) is 6.21. The van der Waals surface area contributed by atoms with E-state index in [0.29, 0.717) is 0 Å². The summed E-state index contributed by atoms with van der Waals surface area (Å²) >= 11 is 5.39. The van der Waals surface area contributed by atoms with Gasteiger partial charge in [-0.3, -0.25) is 0 Å². The molecule has 1 aromatic carbocycles. The molecule has 1 heterocycles. The van der Waals surface area contributed by atoms with Gasteiger partial charge >= 0.3 is 95.1 Å². The Kier molecular flexibility index (Phi) is 3.00. The van der Waals surface area contributed by atoms with Crippen molar-refractivity contribution < 1.29 is 0 Å². The van der Waals surface area contributed by atoms with Crippen LogP contribution in [-0.2, 0) is 0 Å². The Labute approximate surface area is 94.1 Å². The maximum absolute atomic E-state index is 3.73. The molecule has 0 fully saturated rings. The molecule has 13 heavy (non-hydrogen) atoms. The van der Waals surface area contributed by atoms with Gasteiger partial charge in [0.1, 0.15) is 0 Å². The minimum absolute atomic E-state index is 1.30. The van der Waals surface area contributed by atoms with E-state index in [2.05, 4.69) is 70.2 Å². The Morgan fingerprint density at radius 1 is 0.846 bits per heavy atom. The Morgan fingerprint density at radius 2 is 1.31 bits per heavy atom. The van der Waals surface area contributed by atoms with Crippen LogP contribution >= 0.6 is 25.5 Å². The number of halogens is 2. The quantitative estimate of drug-likeness (QED) is 0.561. The molecule has 1 aliphatic heterocycles. The number of hydrogen-bond acceptors (Lipinski definition) is 0. The van der Waals surface area contributed by atoms with Gasteiger partial charge in [-0.2, -0.15) is 0 Å². The van der Waals surface area contributed by atoms with E-state index in [9.17, 15) is 0 Å². The third-order valence-corrected chi connectivity index (χ3v) is 10.5. The number of benzene rings is 1. The first-order chi connectivity index (χ1) is 6.17. The van der Waals surface area contributed by atoms with E-state index < -0.39 is 13.8 Å². The zero-order valence-corrected chi connectivity index (χ0v) is 12.3. The second kappa shape index (κ2) is 3.90. The monoisotopic (exact) mass is 416 g/mol. The molecular weight excluding hydrogens is 408 g/mol. The summed E-state index contributed by atoms with van der Waals surface area (Å²) in [6.45, 7) is 0. The summed E-state index contributed by atoms with van der Waals surface area (Å²) in [5, 5.41) is 0. The van der Waals surface area contributed by atoms with Crippen LogP contribution in [0.5, 0.6) is 0 Å². The van der Waals surface area contributed by atoms with E-state index in [1.807, 2.05) is 0 Å². The van der Waals surface area contributed by atoms with Crippen molar-refractivity contribution in [3.63, 3.8) is 0 Å². The summed E-state index contributed by atoms with van der Waals surface area (Å²) in [6.07, 6.45) is 4.39. The topological polar surface area (TPSA) is 0 Å². The molecular formula is C10H8Br2Te. The molecule has 0 saturated heterocycles. The average molecular weight is 416 g/mol. The molecule has 2 rings (SSSR count). The van der Waals surface area contributed by atoms with Gasteiger partial charge in [0.05, 0.1) is 0 Å². The Hall–Kier alpha value is 0.450. The molecule has 0 bridgehead atoms. The van der Waals surface area contributed by atoms with Crippen LogP contribution in [0.4, 0.5) is 0 Å². The molecule has 0 N–H and O–H groups in total.